The van der Waals surface area contributed by atoms with Gasteiger partial charge in [0.15, 0.2) is 5.82 Å². The maximum atomic E-state index is 5.84. The van der Waals surface area contributed by atoms with E-state index in [1.54, 1.807) is 10.9 Å². The first-order valence-corrected chi connectivity index (χ1v) is 10.3. The minimum absolute atomic E-state index is 0.436. The number of aromatic nitrogens is 3. The Bertz CT molecular complexity index is 1210. The van der Waals surface area contributed by atoms with E-state index in [2.05, 4.69) is 15.3 Å². The zero-order valence-corrected chi connectivity index (χ0v) is 18.2. The van der Waals surface area contributed by atoms with Crippen molar-refractivity contribution in [2.24, 2.45) is 5.10 Å². The lowest BCUT2D eigenvalue weighted by Gasteiger charge is -2.12. The van der Waals surface area contributed by atoms with Gasteiger partial charge < -0.3 is 9.64 Å². The van der Waals surface area contributed by atoms with Gasteiger partial charge in [-0.05, 0) is 71.9 Å². The van der Waals surface area contributed by atoms with Crippen molar-refractivity contribution in [2.75, 3.05) is 19.0 Å². The number of nitrogens with zero attached hydrogens (tertiary/aromatic N) is 4. The van der Waals surface area contributed by atoms with Crippen molar-refractivity contribution < 1.29 is 4.74 Å². The third-order valence-electron chi connectivity index (χ3n) is 4.74. The monoisotopic (exact) mass is 429 g/mol. The molecule has 6 nitrogen and oxygen atoms in total. The number of ether oxygens (including phenoxy) is 1. The van der Waals surface area contributed by atoms with Crippen molar-refractivity contribution in [3.8, 4) is 17.1 Å². The Hall–Kier alpha value is -3.71. The number of benzene rings is 3. The number of hydrogen-bond donors (Lipinski definition) is 1. The van der Waals surface area contributed by atoms with E-state index in [0.717, 1.165) is 28.1 Å². The van der Waals surface area contributed by atoms with Crippen LogP contribution < -0.4 is 9.64 Å². The highest BCUT2D eigenvalue weighted by Gasteiger charge is 2.08. The third kappa shape index (κ3) is 5.07. The molecule has 0 aliphatic carbocycles. The molecule has 7 heteroatoms. The van der Waals surface area contributed by atoms with Gasteiger partial charge in [-0.25, -0.2) is 5.10 Å². The first-order valence-electron chi connectivity index (χ1n) is 9.86. The van der Waals surface area contributed by atoms with Crippen LogP contribution in [0.4, 0.5) is 5.69 Å². The standard InChI is InChI=1S/C24H23N5OS/c1-28(2)21-12-10-20(11-13-21)23-26-27-24(31)29(23)25-16-18-8-14-22(15-9-18)30-17-19-6-4-3-5-7-19/h3-16H,17H2,1-2H3,(H,27,31). The molecule has 0 amide bonds. The van der Waals surface area contributed by atoms with Crippen LogP contribution in [-0.2, 0) is 6.61 Å². The van der Waals surface area contributed by atoms with Crippen LogP contribution in [0.3, 0.4) is 0 Å². The average molecular weight is 430 g/mol. The third-order valence-corrected chi connectivity index (χ3v) is 5.01. The largest absolute Gasteiger partial charge is 0.489 e. The molecular weight excluding hydrogens is 406 g/mol. The van der Waals surface area contributed by atoms with Crippen LogP contribution in [-0.4, -0.2) is 35.2 Å². The summed E-state index contributed by atoms with van der Waals surface area (Å²) < 4.78 is 7.90. The lowest BCUT2D eigenvalue weighted by Crippen LogP contribution is -2.08. The first kappa shape index (κ1) is 20.6. The number of H-pyrrole nitrogens is 1. The maximum absolute atomic E-state index is 5.84. The number of nitrogens with one attached hydrogen (secondary N) is 1. The van der Waals surface area contributed by atoms with Crippen molar-refractivity contribution >= 4 is 24.1 Å². The molecule has 0 saturated carbocycles. The smallest absolute Gasteiger partial charge is 0.216 e. The maximum Gasteiger partial charge on any atom is 0.216 e. The Morgan fingerprint density at radius 2 is 1.71 bits per heavy atom. The normalized spacial score (nSPS) is 11.0. The van der Waals surface area contributed by atoms with E-state index in [0.29, 0.717) is 17.2 Å². The predicted octanol–water partition coefficient (Wildman–Crippen LogP) is 5.13. The fourth-order valence-electron chi connectivity index (χ4n) is 3.01. The van der Waals surface area contributed by atoms with Gasteiger partial charge in [0.05, 0.1) is 6.21 Å². The second kappa shape index (κ2) is 9.40. The molecule has 3 aromatic carbocycles. The summed E-state index contributed by atoms with van der Waals surface area (Å²) in [5.41, 5.74) is 4.11. The van der Waals surface area contributed by atoms with E-state index >= 15 is 0 Å². The summed E-state index contributed by atoms with van der Waals surface area (Å²) in [6.07, 6.45) is 1.75. The van der Waals surface area contributed by atoms with Crippen LogP contribution >= 0.6 is 12.2 Å². The molecule has 0 aliphatic rings. The summed E-state index contributed by atoms with van der Waals surface area (Å²) in [6, 6.07) is 25.9. The Morgan fingerprint density at radius 3 is 2.39 bits per heavy atom. The average Bonchev–Trinajstić information content (AvgIpc) is 3.18. The Morgan fingerprint density at radius 1 is 1.00 bits per heavy atom. The lowest BCUT2D eigenvalue weighted by atomic mass is 10.2. The quantitative estimate of drug-likeness (QED) is 0.327. The van der Waals surface area contributed by atoms with E-state index in [9.17, 15) is 0 Å². The summed E-state index contributed by atoms with van der Waals surface area (Å²) in [7, 11) is 4.01. The zero-order chi connectivity index (χ0) is 21.6. The summed E-state index contributed by atoms with van der Waals surface area (Å²) in [5, 5.41) is 11.7. The molecule has 0 bridgehead atoms. The van der Waals surface area contributed by atoms with Crippen molar-refractivity contribution in [1.29, 1.82) is 0 Å². The molecular formula is C24H23N5OS. The molecule has 0 radical (unpaired) electrons. The second-order valence-electron chi connectivity index (χ2n) is 7.19. The first-order chi connectivity index (χ1) is 15.1. The van der Waals surface area contributed by atoms with Gasteiger partial charge in [0.2, 0.25) is 4.77 Å². The topological polar surface area (TPSA) is 58.4 Å². The number of anilines is 1. The molecule has 0 saturated heterocycles. The number of aromatic amines is 1. The fraction of sp³-hybridized carbons (Fsp3) is 0.125. The van der Waals surface area contributed by atoms with Gasteiger partial charge in [-0.2, -0.15) is 14.9 Å². The van der Waals surface area contributed by atoms with Gasteiger partial charge in [0, 0.05) is 25.3 Å². The van der Waals surface area contributed by atoms with Crippen LogP contribution in [0, 0.1) is 4.77 Å². The van der Waals surface area contributed by atoms with E-state index in [-0.39, 0.29) is 0 Å². The van der Waals surface area contributed by atoms with E-state index in [1.165, 1.54) is 0 Å². The highest BCUT2D eigenvalue weighted by molar-refractivity contribution is 7.71. The van der Waals surface area contributed by atoms with Crippen LogP contribution in [0.15, 0.2) is 84.0 Å². The Kier molecular flexibility index (Phi) is 6.24. The van der Waals surface area contributed by atoms with Gasteiger partial charge in [-0.1, -0.05) is 30.3 Å². The molecule has 156 valence electrons. The number of hydrogen-bond acceptors (Lipinski definition) is 5. The fourth-order valence-corrected chi connectivity index (χ4v) is 3.19. The summed E-state index contributed by atoms with van der Waals surface area (Å²) >= 11 is 5.36. The highest BCUT2D eigenvalue weighted by Crippen LogP contribution is 2.21. The minimum Gasteiger partial charge on any atom is -0.489 e. The van der Waals surface area contributed by atoms with Gasteiger partial charge in [0.1, 0.15) is 12.4 Å². The van der Waals surface area contributed by atoms with Crippen molar-refractivity contribution in [3.05, 3.63) is 94.8 Å². The molecule has 1 aromatic heterocycles. The lowest BCUT2D eigenvalue weighted by molar-refractivity contribution is 0.306. The van der Waals surface area contributed by atoms with Crippen LogP contribution in [0.2, 0.25) is 0 Å². The summed E-state index contributed by atoms with van der Waals surface area (Å²) in [5.74, 6) is 1.47. The predicted molar refractivity (Wildman–Crippen MR) is 127 cm³/mol. The second-order valence-corrected chi connectivity index (χ2v) is 7.58. The van der Waals surface area contributed by atoms with Crippen molar-refractivity contribution in [1.82, 2.24) is 14.9 Å². The molecule has 31 heavy (non-hydrogen) atoms. The van der Waals surface area contributed by atoms with Crippen LogP contribution in [0.25, 0.3) is 11.4 Å². The SMILES string of the molecule is CN(C)c1ccc(-c2n[nH]c(=S)n2N=Cc2ccc(OCc3ccccc3)cc2)cc1. The van der Waals surface area contributed by atoms with Gasteiger partial charge in [0.25, 0.3) is 0 Å². The highest BCUT2D eigenvalue weighted by atomic mass is 32.1. The zero-order valence-electron chi connectivity index (χ0n) is 17.4. The number of rotatable bonds is 7. The van der Waals surface area contributed by atoms with Gasteiger partial charge >= 0.3 is 0 Å². The van der Waals surface area contributed by atoms with Crippen LogP contribution in [0.5, 0.6) is 5.75 Å². The van der Waals surface area contributed by atoms with Crippen LogP contribution in [0.1, 0.15) is 11.1 Å². The molecule has 4 rings (SSSR count). The molecule has 1 heterocycles. The van der Waals surface area contributed by atoms with Crippen molar-refractivity contribution in [3.63, 3.8) is 0 Å². The van der Waals surface area contributed by atoms with E-state index in [4.69, 9.17) is 17.0 Å². The Labute approximate surface area is 186 Å². The Balaban J connectivity index is 1.47. The molecule has 0 atom stereocenters. The molecule has 1 N–H and O–H groups in total. The molecule has 0 spiro atoms. The summed E-state index contributed by atoms with van der Waals surface area (Å²) in [6.45, 7) is 0.536. The van der Waals surface area contributed by atoms with Gasteiger partial charge in [-0.15, -0.1) is 0 Å². The van der Waals surface area contributed by atoms with Crippen molar-refractivity contribution in [2.45, 2.75) is 6.61 Å². The van der Waals surface area contributed by atoms with Gasteiger partial charge in [-0.3, -0.25) is 0 Å². The summed E-state index contributed by atoms with van der Waals surface area (Å²) in [4.78, 5) is 2.05. The van der Waals surface area contributed by atoms with E-state index < -0.39 is 0 Å². The molecule has 0 fully saturated rings. The molecule has 0 unspecified atom stereocenters. The molecule has 4 aromatic rings. The van der Waals surface area contributed by atoms with E-state index in [1.807, 2.05) is 97.9 Å². The minimum atomic E-state index is 0.436. The molecule has 0 aliphatic heterocycles.